The van der Waals surface area contributed by atoms with Crippen LogP contribution in [0.5, 0.6) is 0 Å². The molecule has 0 saturated carbocycles. The number of rotatable bonds is 4. The molecule has 0 radical (unpaired) electrons. The molecule has 1 aromatic heterocycles. The van der Waals surface area contributed by atoms with E-state index in [1.165, 1.54) is 0 Å². The van der Waals surface area contributed by atoms with Gasteiger partial charge in [0.1, 0.15) is 6.04 Å². The van der Waals surface area contributed by atoms with Crippen molar-refractivity contribution in [2.45, 2.75) is 25.8 Å². The van der Waals surface area contributed by atoms with Crippen molar-refractivity contribution < 1.29 is 9.32 Å². The van der Waals surface area contributed by atoms with Crippen molar-refractivity contribution in [3.63, 3.8) is 0 Å². The minimum Gasteiger partial charge on any atom is -0.337 e. The number of hydrogen-bond donors (Lipinski definition) is 0. The Morgan fingerprint density at radius 2 is 1.75 bits per heavy atom. The SMILES string of the molecule is Cc1c(Cl)cccc1-c1noc(C2CCCN2C(=O)c2ccccc2-c2ccccc2)n1. The Bertz CT molecular complexity index is 1270. The number of benzene rings is 3. The maximum Gasteiger partial charge on any atom is 0.255 e. The molecule has 1 aliphatic rings. The highest BCUT2D eigenvalue weighted by Crippen LogP contribution is 2.35. The maximum absolute atomic E-state index is 13.6. The molecule has 1 aliphatic heterocycles. The number of amides is 1. The molecule has 160 valence electrons. The lowest BCUT2D eigenvalue weighted by molar-refractivity contribution is 0.0711. The molecule has 0 aliphatic carbocycles. The first-order valence-corrected chi connectivity index (χ1v) is 11.1. The number of halogens is 1. The molecule has 1 amide bonds. The summed E-state index contributed by atoms with van der Waals surface area (Å²) in [6, 6.07) is 23.1. The van der Waals surface area contributed by atoms with Crippen LogP contribution < -0.4 is 0 Å². The summed E-state index contributed by atoms with van der Waals surface area (Å²) in [6.07, 6.45) is 1.67. The summed E-state index contributed by atoms with van der Waals surface area (Å²) in [7, 11) is 0. The van der Waals surface area contributed by atoms with E-state index in [4.69, 9.17) is 16.1 Å². The first kappa shape index (κ1) is 20.5. The quantitative estimate of drug-likeness (QED) is 0.369. The molecule has 6 heteroatoms. The van der Waals surface area contributed by atoms with Crippen LogP contribution in [0.2, 0.25) is 5.02 Å². The predicted molar refractivity (Wildman–Crippen MR) is 124 cm³/mol. The second-order valence-corrected chi connectivity index (χ2v) is 8.34. The summed E-state index contributed by atoms with van der Waals surface area (Å²) in [5.41, 5.74) is 4.35. The van der Waals surface area contributed by atoms with Gasteiger partial charge < -0.3 is 9.42 Å². The van der Waals surface area contributed by atoms with E-state index in [0.29, 0.717) is 28.8 Å². The van der Waals surface area contributed by atoms with E-state index in [2.05, 4.69) is 10.1 Å². The fourth-order valence-electron chi connectivity index (χ4n) is 4.29. The highest BCUT2D eigenvalue weighted by Gasteiger charge is 2.35. The van der Waals surface area contributed by atoms with Crippen LogP contribution in [0.3, 0.4) is 0 Å². The predicted octanol–water partition coefficient (Wildman–Crippen LogP) is 6.34. The van der Waals surface area contributed by atoms with Crippen LogP contribution in [0.25, 0.3) is 22.5 Å². The van der Waals surface area contributed by atoms with E-state index in [-0.39, 0.29) is 11.9 Å². The Morgan fingerprint density at radius 1 is 1.00 bits per heavy atom. The zero-order chi connectivity index (χ0) is 22.1. The zero-order valence-electron chi connectivity index (χ0n) is 17.7. The van der Waals surface area contributed by atoms with Gasteiger partial charge >= 0.3 is 0 Å². The van der Waals surface area contributed by atoms with Gasteiger partial charge in [0, 0.05) is 22.7 Å². The van der Waals surface area contributed by atoms with Crippen LogP contribution in [-0.2, 0) is 0 Å². The van der Waals surface area contributed by atoms with Crippen LogP contribution in [0, 0.1) is 6.92 Å². The van der Waals surface area contributed by atoms with Gasteiger partial charge in [-0.25, -0.2) is 0 Å². The van der Waals surface area contributed by atoms with Gasteiger partial charge in [-0.2, -0.15) is 4.98 Å². The van der Waals surface area contributed by atoms with E-state index in [1.807, 2.05) is 84.6 Å². The molecule has 5 nitrogen and oxygen atoms in total. The maximum atomic E-state index is 13.6. The molecule has 4 aromatic rings. The van der Waals surface area contributed by atoms with Crippen LogP contribution in [0.15, 0.2) is 77.3 Å². The molecule has 0 N–H and O–H groups in total. The lowest BCUT2D eigenvalue weighted by atomic mass is 9.98. The fraction of sp³-hybridized carbons (Fsp3) is 0.192. The molecule has 5 rings (SSSR count). The fourth-order valence-corrected chi connectivity index (χ4v) is 4.46. The Labute approximate surface area is 191 Å². The van der Waals surface area contributed by atoms with Gasteiger partial charge in [-0.1, -0.05) is 77.4 Å². The zero-order valence-corrected chi connectivity index (χ0v) is 18.4. The lowest BCUT2D eigenvalue weighted by Crippen LogP contribution is -2.31. The Balaban J connectivity index is 1.46. The van der Waals surface area contributed by atoms with Crippen molar-refractivity contribution in [3.8, 4) is 22.5 Å². The monoisotopic (exact) mass is 443 g/mol. The molecule has 1 fully saturated rings. The average molecular weight is 444 g/mol. The lowest BCUT2D eigenvalue weighted by Gasteiger charge is -2.23. The first-order chi connectivity index (χ1) is 15.6. The Morgan fingerprint density at radius 3 is 2.59 bits per heavy atom. The topological polar surface area (TPSA) is 59.2 Å². The second-order valence-electron chi connectivity index (χ2n) is 7.94. The number of hydrogen-bond acceptors (Lipinski definition) is 4. The number of carbonyl (C=O) groups excluding carboxylic acids is 1. The van der Waals surface area contributed by atoms with Crippen LogP contribution >= 0.6 is 11.6 Å². The number of likely N-dealkylation sites (tertiary alicyclic amines) is 1. The molecule has 1 atom stereocenters. The highest BCUT2D eigenvalue weighted by molar-refractivity contribution is 6.31. The molecular weight excluding hydrogens is 422 g/mol. The highest BCUT2D eigenvalue weighted by atomic mass is 35.5. The number of nitrogens with zero attached hydrogens (tertiary/aromatic N) is 3. The molecule has 3 aromatic carbocycles. The van der Waals surface area contributed by atoms with Crippen molar-refractivity contribution in [3.05, 3.63) is 94.8 Å². The first-order valence-electron chi connectivity index (χ1n) is 10.7. The van der Waals surface area contributed by atoms with Gasteiger partial charge in [-0.15, -0.1) is 0 Å². The van der Waals surface area contributed by atoms with Gasteiger partial charge in [-0.3, -0.25) is 4.79 Å². The number of aromatic nitrogens is 2. The average Bonchev–Trinajstić information content (AvgIpc) is 3.51. The smallest absolute Gasteiger partial charge is 0.255 e. The van der Waals surface area contributed by atoms with Gasteiger partial charge in [0.05, 0.1) is 0 Å². The third-order valence-corrected chi connectivity index (χ3v) is 6.40. The third kappa shape index (κ3) is 3.69. The van der Waals surface area contributed by atoms with E-state index in [0.717, 1.165) is 35.1 Å². The van der Waals surface area contributed by atoms with Gasteiger partial charge in [0.25, 0.3) is 5.91 Å². The van der Waals surface area contributed by atoms with Crippen LogP contribution in [0.1, 0.15) is 40.7 Å². The van der Waals surface area contributed by atoms with Crippen molar-refractivity contribution in [1.82, 2.24) is 15.0 Å². The minimum atomic E-state index is -0.243. The Hall–Kier alpha value is -3.44. The Kier molecular flexibility index (Phi) is 5.50. The van der Waals surface area contributed by atoms with Gasteiger partial charge in [0.15, 0.2) is 0 Å². The van der Waals surface area contributed by atoms with Crippen LogP contribution in [-0.4, -0.2) is 27.5 Å². The normalized spacial score (nSPS) is 15.8. The molecular formula is C26H22ClN3O2. The molecule has 0 bridgehead atoms. The van der Waals surface area contributed by atoms with Crippen molar-refractivity contribution >= 4 is 17.5 Å². The summed E-state index contributed by atoms with van der Waals surface area (Å²) >= 11 is 6.26. The van der Waals surface area contributed by atoms with E-state index in [1.54, 1.807) is 0 Å². The van der Waals surface area contributed by atoms with Crippen molar-refractivity contribution in [1.29, 1.82) is 0 Å². The largest absolute Gasteiger partial charge is 0.337 e. The van der Waals surface area contributed by atoms with Crippen molar-refractivity contribution in [2.75, 3.05) is 6.54 Å². The van der Waals surface area contributed by atoms with Gasteiger partial charge in [0.2, 0.25) is 11.7 Å². The summed E-state index contributed by atoms with van der Waals surface area (Å²) < 4.78 is 5.63. The van der Waals surface area contributed by atoms with E-state index < -0.39 is 0 Å². The van der Waals surface area contributed by atoms with Gasteiger partial charge in [-0.05, 0) is 48.6 Å². The molecule has 1 unspecified atom stereocenters. The molecule has 2 heterocycles. The third-order valence-electron chi connectivity index (χ3n) is 5.99. The standard InChI is InChI=1S/C26H22ClN3O2/c1-17-19(13-7-14-22(17)27)24-28-25(32-29-24)23-15-8-16-30(23)26(31)21-12-6-5-11-20(21)18-9-3-2-4-10-18/h2-7,9-14,23H,8,15-16H2,1H3. The summed E-state index contributed by atoms with van der Waals surface area (Å²) in [6.45, 7) is 2.58. The van der Waals surface area contributed by atoms with Crippen molar-refractivity contribution in [2.24, 2.45) is 0 Å². The molecule has 32 heavy (non-hydrogen) atoms. The van der Waals surface area contributed by atoms with E-state index in [9.17, 15) is 4.79 Å². The second kappa shape index (κ2) is 8.60. The number of carbonyl (C=O) groups is 1. The molecule has 1 saturated heterocycles. The van der Waals surface area contributed by atoms with E-state index >= 15 is 0 Å². The minimum absolute atomic E-state index is 0.0226. The van der Waals surface area contributed by atoms with Crippen LogP contribution in [0.4, 0.5) is 0 Å². The summed E-state index contributed by atoms with van der Waals surface area (Å²) in [5, 5.41) is 4.84. The molecule has 0 spiro atoms. The summed E-state index contributed by atoms with van der Waals surface area (Å²) in [5.74, 6) is 0.928. The summed E-state index contributed by atoms with van der Waals surface area (Å²) in [4.78, 5) is 20.1.